The van der Waals surface area contributed by atoms with Gasteiger partial charge in [-0.1, -0.05) is 12.1 Å². The molecule has 0 saturated carbocycles. The van der Waals surface area contributed by atoms with E-state index in [0.29, 0.717) is 18.0 Å². The Morgan fingerprint density at radius 3 is 2.60 bits per heavy atom. The van der Waals surface area contributed by atoms with Crippen molar-refractivity contribution >= 4 is 10.0 Å². The largest absolute Gasteiger partial charge is 0.260 e. The quantitative estimate of drug-likeness (QED) is 0.852. The van der Waals surface area contributed by atoms with Gasteiger partial charge in [0.1, 0.15) is 0 Å². The lowest BCUT2D eigenvalue weighted by atomic mass is 10.1. The normalized spacial score (nSPS) is 15.3. The van der Waals surface area contributed by atoms with Crippen LogP contribution < -0.4 is 0 Å². The van der Waals surface area contributed by atoms with Crippen LogP contribution in [0, 0.1) is 13.8 Å². The Hall–Kier alpha value is -1.72. The highest BCUT2D eigenvalue weighted by Crippen LogP contribution is 2.27. The summed E-state index contributed by atoms with van der Waals surface area (Å²) in [7, 11) is -3.45. The summed E-state index contributed by atoms with van der Waals surface area (Å²) >= 11 is 0. The molecule has 1 aliphatic heterocycles. The molecule has 2 heterocycles. The summed E-state index contributed by atoms with van der Waals surface area (Å²) in [5.41, 5.74) is 3.91. The number of benzene rings is 1. The van der Waals surface area contributed by atoms with Crippen LogP contribution in [0.15, 0.2) is 41.4 Å². The summed E-state index contributed by atoms with van der Waals surface area (Å²) in [4.78, 5) is 4.60. The number of rotatable bonds is 2. The van der Waals surface area contributed by atoms with Gasteiger partial charge in [-0.05, 0) is 48.7 Å². The zero-order chi connectivity index (χ0) is 14.3. The average molecular weight is 288 g/mol. The van der Waals surface area contributed by atoms with Gasteiger partial charge < -0.3 is 0 Å². The van der Waals surface area contributed by atoms with Gasteiger partial charge in [0.2, 0.25) is 10.0 Å². The minimum absolute atomic E-state index is 0.353. The number of nitrogens with zero attached hydrogens (tertiary/aromatic N) is 2. The van der Waals surface area contributed by atoms with Gasteiger partial charge >= 0.3 is 0 Å². The lowest BCUT2D eigenvalue weighted by molar-refractivity contribution is 0.429. The van der Waals surface area contributed by atoms with Gasteiger partial charge in [0, 0.05) is 12.7 Å². The molecule has 4 nitrogen and oxygen atoms in total. The molecule has 20 heavy (non-hydrogen) atoms. The van der Waals surface area contributed by atoms with E-state index in [9.17, 15) is 8.42 Å². The third-order valence-corrected chi connectivity index (χ3v) is 5.56. The minimum atomic E-state index is -3.45. The molecule has 5 heteroatoms. The molecule has 1 aliphatic rings. The third-order valence-electron chi connectivity index (χ3n) is 3.77. The molecule has 0 radical (unpaired) electrons. The van der Waals surface area contributed by atoms with Crippen LogP contribution in [-0.2, 0) is 23.1 Å². The number of hydrogen-bond donors (Lipinski definition) is 0. The van der Waals surface area contributed by atoms with Crippen LogP contribution >= 0.6 is 0 Å². The Balaban J connectivity index is 1.96. The molecule has 0 amide bonds. The van der Waals surface area contributed by atoms with Gasteiger partial charge in [0.15, 0.2) is 0 Å². The van der Waals surface area contributed by atoms with E-state index in [2.05, 4.69) is 4.98 Å². The summed E-state index contributed by atoms with van der Waals surface area (Å²) in [6.45, 7) is 4.65. The first kappa shape index (κ1) is 13.3. The van der Waals surface area contributed by atoms with Gasteiger partial charge in [0.05, 0.1) is 17.1 Å². The molecule has 0 atom stereocenters. The molecule has 0 aliphatic carbocycles. The molecule has 2 aromatic rings. The fraction of sp³-hybridized carbons (Fsp3) is 0.267. The topological polar surface area (TPSA) is 50.3 Å². The smallest absolute Gasteiger partial charge is 0.243 e. The third kappa shape index (κ3) is 2.13. The SMILES string of the molecule is Cc1ccc(S(=O)(=O)N2Cc3cccnc3C2)cc1C. The molecule has 0 N–H and O–H groups in total. The molecule has 0 saturated heterocycles. The zero-order valence-electron chi connectivity index (χ0n) is 11.5. The van der Waals surface area contributed by atoms with E-state index < -0.39 is 10.0 Å². The number of fused-ring (bicyclic) bond motifs is 1. The Morgan fingerprint density at radius 2 is 1.90 bits per heavy atom. The summed E-state index contributed by atoms with van der Waals surface area (Å²) in [5, 5.41) is 0. The van der Waals surface area contributed by atoms with Crippen LogP contribution in [0.5, 0.6) is 0 Å². The maximum Gasteiger partial charge on any atom is 0.243 e. The van der Waals surface area contributed by atoms with Crippen molar-refractivity contribution in [2.24, 2.45) is 0 Å². The van der Waals surface area contributed by atoms with Crippen molar-refractivity contribution in [1.29, 1.82) is 0 Å². The van der Waals surface area contributed by atoms with Crippen LogP contribution in [0.1, 0.15) is 22.4 Å². The molecule has 0 spiro atoms. The minimum Gasteiger partial charge on any atom is -0.260 e. The number of aryl methyl sites for hydroxylation is 2. The maximum atomic E-state index is 12.7. The standard InChI is InChI=1S/C15H16N2O2S/c1-11-5-6-14(8-12(11)2)20(18,19)17-9-13-4-3-7-16-15(13)10-17/h3-8H,9-10H2,1-2H3. The second-order valence-corrected chi connectivity index (χ2v) is 7.07. The van der Waals surface area contributed by atoms with Crippen molar-refractivity contribution < 1.29 is 8.42 Å². The first-order valence-electron chi connectivity index (χ1n) is 6.48. The highest BCUT2D eigenvalue weighted by atomic mass is 32.2. The van der Waals surface area contributed by atoms with E-state index in [1.165, 1.54) is 4.31 Å². The lowest BCUT2D eigenvalue weighted by Crippen LogP contribution is -2.25. The van der Waals surface area contributed by atoms with Crippen molar-refractivity contribution in [1.82, 2.24) is 9.29 Å². The number of aromatic nitrogens is 1. The van der Waals surface area contributed by atoms with Crippen LogP contribution in [0.3, 0.4) is 0 Å². The van der Waals surface area contributed by atoms with Gasteiger partial charge in [-0.2, -0.15) is 4.31 Å². The molecule has 3 rings (SSSR count). The Bertz CT molecular complexity index is 744. The van der Waals surface area contributed by atoms with Gasteiger partial charge in [-0.3, -0.25) is 4.98 Å². The second kappa shape index (κ2) is 4.68. The number of sulfonamides is 1. The van der Waals surface area contributed by atoms with E-state index in [1.54, 1.807) is 18.3 Å². The van der Waals surface area contributed by atoms with Gasteiger partial charge in [-0.25, -0.2) is 8.42 Å². The second-order valence-electron chi connectivity index (χ2n) is 5.13. The fourth-order valence-electron chi connectivity index (χ4n) is 2.36. The highest BCUT2D eigenvalue weighted by Gasteiger charge is 2.31. The van der Waals surface area contributed by atoms with Crippen LogP contribution in [0.2, 0.25) is 0 Å². The van der Waals surface area contributed by atoms with Crippen LogP contribution in [0.4, 0.5) is 0 Å². The predicted octanol–water partition coefficient (Wildman–Crippen LogP) is 2.40. The molecule has 104 valence electrons. The van der Waals surface area contributed by atoms with E-state index >= 15 is 0 Å². The molecular formula is C15H16N2O2S. The van der Waals surface area contributed by atoms with E-state index in [1.807, 2.05) is 32.0 Å². The molecular weight excluding hydrogens is 272 g/mol. The van der Waals surface area contributed by atoms with Crippen molar-refractivity contribution in [3.63, 3.8) is 0 Å². The highest BCUT2D eigenvalue weighted by molar-refractivity contribution is 7.89. The van der Waals surface area contributed by atoms with Crippen LogP contribution in [0.25, 0.3) is 0 Å². The van der Waals surface area contributed by atoms with Crippen molar-refractivity contribution in [2.75, 3.05) is 0 Å². The number of hydrogen-bond acceptors (Lipinski definition) is 3. The van der Waals surface area contributed by atoms with Crippen molar-refractivity contribution in [3.05, 3.63) is 58.9 Å². The average Bonchev–Trinajstić information content (AvgIpc) is 2.86. The molecule has 0 unspecified atom stereocenters. The lowest BCUT2D eigenvalue weighted by Gasteiger charge is -2.16. The Kier molecular flexibility index (Phi) is 3.11. The first-order valence-corrected chi connectivity index (χ1v) is 7.92. The summed E-state index contributed by atoms with van der Waals surface area (Å²) < 4.78 is 26.8. The van der Waals surface area contributed by atoms with Crippen LogP contribution in [-0.4, -0.2) is 17.7 Å². The maximum absolute atomic E-state index is 12.7. The van der Waals surface area contributed by atoms with E-state index in [4.69, 9.17) is 0 Å². The molecule has 1 aromatic heterocycles. The summed E-state index contributed by atoms with van der Waals surface area (Å²) in [5.74, 6) is 0. The monoisotopic (exact) mass is 288 g/mol. The van der Waals surface area contributed by atoms with E-state index in [-0.39, 0.29) is 0 Å². The molecule has 0 fully saturated rings. The van der Waals surface area contributed by atoms with Gasteiger partial charge in [-0.15, -0.1) is 0 Å². The Labute approximate surface area is 119 Å². The zero-order valence-corrected chi connectivity index (χ0v) is 12.3. The molecule has 0 bridgehead atoms. The first-order chi connectivity index (χ1) is 9.48. The molecule has 1 aromatic carbocycles. The summed E-state index contributed by atoms with van der Waals surface area (Å²) in [6.07, 6.45) is 1.70. The summed E-state index contributed by atoms with van der Waals surface area (Å²) in [6, 6.07) is 9.03. The van der Waals surface area contributed by atoms with Crippen molar-refractivity contribution in [3.8, 4) is 0 Å². The van der Waals surface area contributed by atoms with Crippen molar-refractivity contribution in [2.45, 2.75) is 31.8 Å². The van der Waals surface area contributed by atoms with E-state index in [0.717, 1.165) is 22.4 Å². The predicted molar refractivity (Wildman–Crippen MR) is 76.6 cm³/mol. The Morgan fingerprint density at radius 1 is 1.10 bits per heavy atom. The number of pyridine rings is 1. The van der Waals surface area contributed by atoms with Gasteiger partial charge in [0.25, 0.3) is 0 Å². The fourth-order valence-corrected chi connectivity index (χ4v) is 3.83.